The van der Waals surface area contributed by atoms with E-state index in [0.29, 0.717) is 22.5 Å². The van der Waals surface area contributed by atoms with Crippen LogP contribution in [0.2, 0.25) is 0 Å². The molecule has 20 heavy (non-hydrogen) atoms. The Labute approximate surface area is 116 Å². The summed E-state index contributed by atoms with van der Waals surface area (Å²) in [4.78, 5) is 23.2. The molecule has 1 amide bonds. The molecular weight excluding hydrogens is 256 g/mol. The Morgan fingerprint density at radius 3 is 2.05 bits per heavy atom. The number of amides is 1. The van der Waals surface area contributed by atoms with Crippen LogP contribution in [0.1, 0.15) is 20.7 Å². The number of carbonyl (C=O) groups excluding carboxylic acids is 2. The van der Waals surface area contributed by atoms with E-state index in [4.69, 9.17) is 5.73 Å². The summed E-state index contributed by atoms with van der Waals surface area (Å²) in [6.45, 7) is 0. The highest BCUT2D eigenvalue weighted by molar-refractivity contribution is 6.04. The average molecular weight is 270 g/mol. The van der Waals surface area contributed by atoms with Crippen LogP contribution in [-0.4, -0.2) is 19.0 Å². The highest BCUT2D eigenvalue weighted by atomic mass is 16.5. The van der Waals surface area contributed by atoms with Crippen molar-refractivity contribution in [2.45, 2.75) is 0 Å². The predicted octanol–water partition coefficient (Wildman–Crippen LogP) is 2.31. The third kappa shape index (κ3) is 3.14. The number of benzene rings is 2. The largest absolute Gasteiger partial charge is 0.465 e. The van der Waals surface area contributed by atoms with Gasteiger partial charge in [-0.2, -0.15) is 0 Å². The zero-order chi connectivity index (χ0) is 14.5. The van der Waals surface area contributed by atoms with Gasteiger partial charge in [0.05, 0.1) is 12.7 Å². The number of ether oxygens (including phenoxy) is 1. The van der Waals surface area contributed by atoms with Crippen molar-refractivity contribution in [3.05, 3.63) is 59.7 Å². The number of hydrogen-bond donors (Lipinski definition) is 2. The van der Waals surface area contributed by atoms with Gasteiger partial charge in [0.1, 0.15) is 0 Å². The van der Waals surface area contributed by atoms with Crippen molar-refractivity contribution in [1.29, 1.82) is 0 Å². The van der Waals surface area contributed by atoms with Gasteiger partial charge in [-0.15, -0.1) is 0 Å². The number of carbonyl (C=O) groups is 2. The Kier molecular flexibility index (Phi) is 4.00. The quantitative estimate of drug-likeness (QED) is 0.662. The van der Waals surface area contributed by atoms with Crippen LogP contribution in [0.3, 0.4) is 0 Å². The molecule has 2 aromatic carbocycles. The van der Waals surface area contributed by atoms with E-state index in [-0.39, 0.29) is 5.91 Å². The fourth-order valence-corrected chi connectivity index (χ4v) is 1.65. The smallest absolute Gasteiger partial charge is 0.337 e. The second-order valence-electron chi connectivity index (χ2n) is 4.15. The second kappa shape index (κ2) is 5.88. The molecule has 0 saturated carbocycles. The molecule has 0 radical (unpaired) electrons. The molecule has 5 nitrogen and oxygen atoms in total. The second-order valence-corrected chi connectivity index (χ2v) is 4.15. The molecule has 0 heterocycles. The van der Waals surface area contributed by atoms with E-state index in [2.05, 4.69) is 10.1 Å². The summed E-state index contributed by atoms with van der Waals surface area (Å²) in [6.07, 6.45) is 0. The minimum absolute atomic E-state index is 0.240. The molecule has 0 aromatic heterocycles. The lowest BCUT2D eigenvalue weighted by Gasteiger charge is -2.06. The number of methoxy groups -OCH3 is 1. The van der Waals surface area contributed by atoms with Crippen molar-refractivity contribution in [3.63, 3.8) is 0 Å². The summed E-state index contributed by atoms with van der Waals surface area (Å²) in [6, 6.07) is 13.1. The van der Waals surface area contributed by atoms with Crippen molar-refractivity contribution in [2.75, 3.05) is 18.2 Å². The molecule has 0 fully saturated rings. The molecule has 0 saturated heterocycles. The van der Waals surface area contributed by atoms with E-state index >= 15 is 0 Å². The Hall–Kier alpha value is -2.82. The van der Waals surface area contributed by atoms with Crippen molar-refractivity contribution in [2.24, 2.45) is 0 Å². The number of anilines is 2. The first-order valence-electron chi connectivity index (χ1n) is 5.95. The van der Waals surface area contributed by atoms with Crippen LogP contribution in [0.15, 0.2) is 48.5 Å². The van der Waals surface area contributed by atoms with Crippen LogP contribution in [0, 0.1) is 0 Å². The van der Waals surface area contributed by atoms with Gasteiger partial charge in [-0.3, -0.25) is 4.79 Å². The van der Waals surface area contributed by atoms with Gasteiger partial charge < -0.3 is 15.8 Å². The van der Waals surface area contributed by atoms with Gasteiger partial charge in [-0.05, 0) is 48.5 Å². The highest BCUT2D eigenvalue weighted by Gasteiger charge is 2.07. The molecular formula is C15H14N2O3. The van der Waals surface area contributed by atoms with E-state index in [1.165, 1.54) is 7.11 Å². The summed E-state index contributed by atoms with van der Waals surface area (Å²) < 4.78 is 4.60. The molecule has 0 aliphatic carbocycles. The summed E-state index contributed by atoms with van der Waals surface area (Å²) in [5.74, 6) is -0.655. The first-order chi connectivity index (χ1) is 9.60. The molecule has 0 unspecified atom stereocenters. The standard InChI is InChI=1S/C15H14N2O3/c1-20-15(19)11-4-8-13(9-5-11)17-14(18)10-2-6-12(16)7-3-10/h2-9H,16H2,1H3,(H,17,18). The molecule has 2 aromatic rings. The van der Waals surface area contributed by atoms with Gasteiger partial charge in [0.2, 0.25) is 0 Å². The number of nitrogens with one attached hydrogen (secondary N) is 1. The zero-order valence-electron chi connectivity index (χ0n) is 10.9. The summed E-state index contributed by atoms with van der Waals surface area (Å²) >= 11 is 0. The number of hydrogen-bond acceptors (Lipinski definition) is 4. The third-order valence-corrected chi connectivity index (χ3v) is 2.74. The Balaban J connectivity index is 2.08. The Morgan fingerprint density at radius 2 is 1.50 bits per heavy atom. The zero-order valence-corrected chi connectivity index (χ0v) is 10.9. The van der Waals surface area contributed by atoms with Crippen molar-refractivity contribution < 1.29 is 14.3 Å². The fraction of sp³-hybridized carbons (Fsp3) is 0.0667. The minimum atomic E-state index is -0.415. The Bertz CT molecular complexity index is 619. The van der Waals surface area contributed by atoms with E-state index in [1.54, 1.807) is 48.5 Å². The molecule has 102 valence electrons. The monoisotopic (exact) mass is 270 g/mol. The molecule has 0 spiro atoms. The first kappa shape index (κ1) is 13.6. The number of nitrogens with two attached hydrogens (primary N) is 1. The van der Waals surface area contributed by atoms with E-state index < -0.39 is 5.97 Å². The number of rotatable bonds is 3. The van der Waals surface area contributed by atoms with Gasteiger partial charge in [0.15, 0.2) is 0 Å². The van der Waals surface area contributed by atoms with Crippen LogP contribution < -0.4 is 11.1 Å². The van der Waals surface area contributed by atoms with Crippen LogP contribution in [0.25, 0.3) is 0 Å². The molecule has 5 heteroatoms. The highest BCUT2D eigenvalue weighted by Crippen LogP contribution is 2.13. The van der Waals surface area contributed by atoms with Crippen LogP contribution in [-0.2, 0) is 4.74 Å². The minimum Gasteiger partial charge on any atom is -0.465 e. The van der Waals surface area contributed by atoms with Crippen molar-refractivity contribution in [1.82, 2.24) is 0 Å². The SMILES string of the molecule is COC(=O)c1ccc(NC(=O)c2ccc(N)cc2)cc1. The van der Waals surface area contributed by atoms with E-state index in [0.717, 1.165) is 0 Å². The molecule has 0 bridgehead atoms. The lowest BCUT2D eigenvalue weighted by atomic mass is 10.1. The fourth-order valence-electron chi connectivity index (χ4n) is 1.65. The average Bonchev–Trinajstić information content (AvgIpc) is 2.48. The van der Waals surface area contributed by atoms with Gasteiger partial charge in [-0.25, -0.2) is 4.79 Å². The lowest BCUT2D eigenvalue weighted by Crippen LogP contribution is -2.12. The molecule has 3 N–H and O–H groups in total. The maximum absolute atomic E-state index is 12.0. The van der Waals surface area contributed by atoms with E-state index in [1.807, 2.05) is 0 Å². The van der Waals surface area contributed by atoms with Crippen LogP contribution >= 0.6 is 0 Å². The van der Waals surface area contributed by atoms with E-state index in [9.17, 15) is 9.59 Å². The first-order valence-corrected chi connectivity index (χ1v) is 5.95. The maximum Gasteiger partial charge on any atom is 0.337 e. The normalized spacial score (nSPS) is 9.85. The molecule has 2 rings (SSSR count). The van der Waals surface area contributed by atoms with Gasteiger partial charge in [0, 0.05) is 16.9 Å². The van der Waals surface area contributed by atoms with Crippen LogP contribution in [0.5, 0.6) is 0 Å². The Morgan fingerprint density at radius 1 is 0.950 bits per heavy atom. The lowest BCUT2D eigenvalue weighted by molar-refractivity contribution is 0.0600. The molecule has 0 atom stereocenters. The van der Waals surface area contributed by atoms with Gasteiger partial charge in [-0.1, -0.05) is 0 Å². The topological polar surface area (TPSA) is 81.4 Å². The third-order valence-electron chi connectivity index (χ3n) is 2.74. The van der Waals surface area contributed by atoms with Crippen molar-refractivity contribution in [3.8, 4) is 0 Å². The summed E-state index contributed by atoms with van der Waals surface area (Å²) in [7, 11) is 1.32. The van der Waals surface area contributed by atoms with Crippen LogP contribution in [0.4, 0.5) is 11.4 Å². The van der Waals surface area contributed by atoms with Gasteiger partial charge >= 0.3 is 5.97 Å². The summed E-state index contributed by atoms with van der Waals surface area (Å²) in [5, 5.41) is 2.73. The molecule has 0 aliphatic rings. The maximum atomic E-state index is 12.0. The van der Waals surface area contributed by atoms with Gasteiger partial charge in [0.25, 0.3) is 5.91 Å². The molecule has 0 aliphatic heterocycles. The summed E-state index contributed by atoms with van der Waals surface area (Å²) in [5.41, 5.74) is 7.70. The predicted molar refractivity (Wildman–Crippen MR) is 76.6 cm³/mol. The number of esters is 1. The number of nitrogen functional groups attached to an aromatic ring is 1. The van der Waals surface area contributed by atoms with Crippen molar-refractivity contribution >= 4 is 23.3 Å².